The van der Waals surface area contributed by atoms with E-state index in [1.165, 1.54) is 4.88 Å². The van der Waals surface area contributed by atoms with Crippen molar-refractivity contribution in [1.82, 2.24) is 4.90 Å². The molecule has 0 aromatic carbocycles. The van der Waals surface area contributed by atoms with Crippen LogP contribution in [-0.2, 0) is 6.54 Å². The van der Waals surface area contributed by atoms with Crippen LogP contribution < -0.4 is 0 Å². The van der Waals surface area contributed by atoms with Crippen LogP contribution in [0.1, 0.15) is 18.7 Å². The number of nitrogens with zero attached hydrogens (tertiary/aromatic N) is 1. The lowest BCUT2D eigenvalue weighted by atomic mass is 10.0. The van der Waals surface area contributed by atoms with Crippen LogP contribution in [0, 0.1) is 5.92 Å². The van der Waals surface area contributed by atoms with Gasteiger partial charge < -0.3 is 5.11 Å². The Hall–Kier alpha value is -0.380. The van der Waals surface area contributed by atoms with E-state index in [4.69, 9.17) is 0 Å². The van der Waals surface area contributed by atoms with Gasteiger partial charge in [-0.25, -0.2) is 0 Å². The van der Waals surface area contributed by atoms with Gasteiger partial charge in [0.2, 0.25) is 0 Å². The van der Waals surface area contributed by atoms with E-state index in [2.05, 4.69) is 43.3 Å². The molecular weight excluding hydrogens is 194 g/mol. The second-order valence-corrected chi connectivity index (χ2v) is 5.02. The van der Waals surface area contributed by atoms with Crippen molar-refractivity contribution in [2.24, 2.45) is 5.92 Å². The molecule has 1 N–H and O–H groups in total. The number of thiophene rings is 1. The molecule has 0 spiro atoms. The number of hydrogen-bond donors (Lipinski definition) is 1. The predicted octanol–water partition coefficient (Wildman–Crippen LogP) is 2.20. The van der Waals surface area contributed by atoms with E-state index in [9.17, 15) is 5.11 Å². The normalized spacial score (nSPS) is 13.9. The Kier molecular flexibility index (Phi) is 4.58. The lowest BCUT2D eigenvalue weighted by molar-refractivity contribution is 0.108. The van der Waals surface area contributed by atoms with Gasteiger partial charge in [0.15, 0.2) is 0 Å². The number of aliphatic hydroxyl groups excluding tert-OH is 1. The molecule has 1 rings (SSSR count). The highest BCUT2D eigenvalue weighted by molar-refractivity contribution is 7.09. The number of aliphatic hydroxyl groups is 1. The maximum absolute atomic E-state index is 9.26. The molecule has 0 radical (unpaired) electrons. The fourth-order valence-corrected chi connectivity index (χ4v) is 2.39. The van der Waals surface area contributed by atoms with Crippen molar-refractivity contribution in [3.63, 3.8) is 0 Å². The second-order valence-electron chi connectivity index (χ2n) is 3.99. The molecule has 0 amide bonds. The lowest BCUT2D eigenvalue weighted by Gasteiger charge is -2.29. The smallest absolute Gasteiger partial charge is 0.0589 e. The maximum Gasteiger partial charge on any atom is 0.0589 e. The van der Waals surface area contributed by atoms with Crippen molar-refractivity contribution in [1.29, 1.82) is 0 Å². The van der Waals surface area contributed by atoms with Gasteiger partial charge in [0.1, 0.15) is 0 Å². The van der Waals surface area contributed by atoms with Crippen molar-refractivity contribution >= 4 is 11.3 Å². The summed E-state index contributed by atoms with van der Waals surface area (Å²) in [6.07, 6.45) is 0. The second kappa shape index (κ2) is 5.49. The highest BCUT2D eigenvalue weighted by Gasteiger charge is 2.17. The summed E-state index contributed by atoms with van der Waals surface area (Å²) in [6.45, 7) is 5.46. The first-order valence-electron chi connectivity index (χ1n) is 4.98. The van der Waals surface area contributed by atoms with Crippen LogP contribution in [0.4, 0.5) is 0 Å². The van der Waals surface area contributed by atoms with Crippen molar-refractivity contribution in [2.45, 2.75) is 26.4 Å². The summed E-state index contributed by atoms with van der Waals surface area (Å²) in [5.74, 6) is 0.491. The highest BCUT2D eigenvalue weighted by atomic mass is 32.1. The Labute approximate surface area is 90.2 Å². The average Bonchev–Trinajstić information content (AvgIpc) is 2.57. The number of hydrogen-bond acceptors (Lipinski definition) is 3. The standard InChI is InChI=1S/C11H19NOS/c1-9(2)11(8-13)12(3)7-10-5-4-6-14-10/h4-6,9,11,13H,7-8H2,1-3H3. The molecule has 0 fully saturated rings. The molecule has 0 aliphatic heterocycles. The monoisotopic (exact) mass is 213 g/mol. The van der Waals surface area contributed by atoms with E-state index in [0.717, 1.165) is 6.54 Å². The Morgan fingerprint density at radius 2 is 2.21 bits per heavy atom. The molecule has 1 atom stereocenters. The van der Waals surface area contributed by atoms with E-state index in [-0.39, 0.29) is 12.6 Å². The topological polar surface area (TPSA) is 23.5 Å². The predicted molar refractivity (Wildman–Crippen MR) is 61.5 cm³/mol. The molecule has 1 aromatic rings. The number of rotatable bonds is 5. The van der Waals surface area contributed by atoms with Gasteiger partial charge in [0.25, 0.3) is 0 Å². The summed E-state index contributed by atoms with van der Waals surface area (Å²) in [5.41, 5.74) is 0. The van der Waals surface area contributed by atoms with E-state index in [1.807, 2.05) is 0 Å². The Balaban J connectivity index is 2.51. The third-order valence-corrected chi connectivity index (χ3v) is 3.37. The molecule has 0 aliphatic carbocycles. The lowest BCUT2D eigenvalue weighted by Crippen LogP contribution is -2.38. The Morgan fingerprint density at radius 3 is 2.64 bits per heavy atom. The van der Waals surface area contributed by atoms with Crippen LogP contribution in [0.5, 0.6) is 0 Å². The molecule has 14 heavy (non-hydrogen) atoms. The van der Waals surface area contributed by atoms with Gasteiger partial charge in [-0.05, 0) is 24.4 Å². The minimum absolute atomic E-state index is 0.236. The third-order valence-electron chi connectivity index (χ3n) is 2.51. The van der Waals surface area contributed by atoms with Gasteiger partial charge in [-0.2, -0.15) is 0 Å². The zero-order chi connectivity index (χ0) is 10.6. The van der Waals surface area contributed by atoms with Crippen LogP contribution in [-0.4, -0.2) is 29.7 Å². The maximum atomic E-state index is 9.26. The highest BCUT2D eigenvalue weighted by Crippen LogP contribution is 2.15. The average molecular weight is 213 g/mol. The largest absolute Gasteiger partial charge is 0.395 e. The van der Waals surface area contributed by atoms with Gasteiger partial charge in [-0.3, -0.25) is 4.90 Å². The molecule has 2 nitrogen and oxygen atoms in total. The van der Waals surface area contributed by atoms with E-state index >= 15 is 0 Å². The minimum atomic E-state index is 0.236. The first kappa shape index (κ1) is 11.7. The SMILES string of the molecule is CC(C)C(CO)N(C)Cc1cccs1. The molecule has 1 unspecified atom stereocenters. The Bertz CT molecular complexity index is 246. The van der Waals surface area contributed by atoms with Crippen LogP contribution in [0.25, 0.3) is 0 Å². The zero-order valence-corrected chi connectivity index (χ0v) is 9.92. The molecule has 0 saturated carbocycles. The van der Waals surface area contributed by atoms with Crippen LogP contribution >= 0.6 is 11.3 Å². The third kappa shape index (κ3) is 3.08. The van der Waals surface area contributed by atoms with Crippen LogP contribution in [0.3, 0.4) is 0 Å². The first-order chi connectivity index (χ1) is 6.65. The van der Waals surface area contributed by atoms with E-state index < -0.39 is 0 Å². The summed E-state index contributed by atoms with van der Waals surface area (Å²) in [6, 6.07) is 4.46. The number of likely N-dealkylation sites (N-methyl/N-ethyl adjacent to an activating group) is 1. The van der Waals surface area contributed by atoms with Crippen molar-refractivity contribution in [2.75, 3.05) is 13.7 Å². The van der Waals surface area contributed by atoms with Gasteiger partial charge in [-0.15, -0.1) is 11.3 Å². The summed E-state index contributed by atoms with van der Waals surface area (Å²) in [5, 5.41) is 11.3. The van der Waals surface area contributed by atoms with Crippen LogP contribution in [0.2, 0.25) is 0 Å². The molecule has 80 valence electrons. The fraction of sp³-hybridized carbons (Fsp3) is 0.636. The molecule has 1 aromatic heterocycles. The fourth-order valence-electron chi connectivity index (χ4n) is 1.62. The molecule has 1 heterocycles. The van der Waals surface area contributed by atoms with Crippen LogP contribution in [0.15, 0.2) is 17.5 Å². The quantitative estimate of drug-likeness (QED) is 0.810. The van der Waals surface area contributed by atoms with Gasteiger partial charge in [0, 0.05) is 17.5 Å². The van der Waals surface area contributed by atoms with Crippen molar-refractivity contribution < 1.29 is 5.11 Å². The molecule has 3 heteroatoms. The van der Waals surface area contributed by atoms with E-state index in [1.54, 1.807) is 11.3 Å². The summed E-state index contributed by atoms with van der Waals surface area (Å²) in [4.78, 5) is 3.57. The molecule has 0 bridgehead atoms. The van der Waals surface area contributed by atoms with E-state index in [0.29, 0.717) is 5.92 Å². The van der Waals surface area contributed by atoms with Gasteiger partial charge in [0.05, 0.1) is 6.61 Å². The summed E-state index contributed by atoms with van der Waals surface area (Å²) >= 11 is 1.77. The summed E-state index contributed by atoms with van der Waals surface area (Å²) < 4.78 is 0. The molecule has 0 aliphatic rings. The van der Waals surface area contributed by atoms with Gasteiger partial charge in [-0.1, -0.05) is 19.9 Å². The van der Waals surface area contributed by atoms with Gasteiger partial charge >= 0.3 is 0 Å². The molecule has 0 saturated heterocycles. The molecular formula is C11H19NOS. The minimum Gasteiger partial charge on any atom is -0.395 e. The zero-order valence-electron chi connectivity index (χ0n) is 9.10. The summed E-state index contributed by atoms with van der Waals surface area (Å²) in [7, 11) is 2.07. The first-order valence-corrected chi connectivity index (χ1v) is 5.86. The Morgan fingerprint density at radius 1 is 1.50 bits per heavy atom. The van der Waals surface area contributed by atoms with Crippen molar-refractivity contribution in [3.05, 3.63) is 22.4 Å². The van der Waals surface area contributed by atoms with Crippen molar-refractivity contribution in [3.8, 4) is 0 Å².